The lowest BCUT2D eigenvalue weighted by molar-refractivity contribution is 0.0693. The number of fused-ring (bicyclic) bond motifs is 1. The zero-order chi connectivity index (χ0) is 14.1. The molecule has 0 bridgehead atoms. The molecule has 0 radical (unpaired) electrons. The highest BCUT2D eigenvalue weighted by Gasteiger charge is 2.17. The number of rotatable bonds is 3. The molecule has 0 aliphatic carbocycles. The van der Waals surface area contributed by atoms with Crippen LogP contribution in [0, 0.1) is 0 Å². The van der Waals surface area contributed by atoms with E-state index in [1.165, 1.54) is 24.4 Å². The first-order valence-electron chi connectivity index (χ1n) is 5.50. The van der Waals surface area contributed by atoms with Gasteiger partial charge in [-0.05, 0) is 12.1 Å². The van der Waals surface area contributed by atoms with E-state index in [1.807, 2.05) is 0 Å². The monoisotopic (exact) mass is 306 g/mol. The van der Waals surface area contributed by atoms with Crippen molar-refractivity contribution in [3.8, 4) is 0 Å². The predicted octanol–water partition coefficient (Wildman–Crippen LogP) is 2.86. The van der Waals surface area contributed by atoms with Gasteiger partial charge < -0.3 is 10.1 Å². The summed E-state index contributed by atoms with van der Waals surface area (Å²) in [6.45, 7) is 0. The zero-order valence-corrected chi connectivity index (χ0v) is 11.4. The van der Waals surface area contributed by atoms with E-state index in [-0.39, 0.29) is 10.6 Å². The molecule has 0 atom stereocenters. The van der Waals surface area contributed by atoms with Crippen LogP contribution in [0.15, 0.2) is 40.8 Å². The third kappa shape index (κ3) is 2.21. The number of halogens is 1. The Morgan fingerprint density at radius 2 is 2.15 bits per heavy atom. The number of aromatic amines is 1. The molecule has 0 aliphatic rings. The van der Waals surface area contributed by atoms with Crippen molar-refractivity contribution < 1.29 is 9.90 Å². The van der Waals surface area contributed by atoms with Crippen LogP contribution in [0.3, 0.4) is 0 Å². The number of carboxylic acids is 1. The molecule has 20 heavy (non-hydrogen) atoms. The number of hydrogen-bond donors (Lipinski definition) is 2. The Labute approximate surface area is 122 Å². The standard InChI is InChI=1S/C12H7ClN4O2S/c13-6-2-1-3-7(8(6)12(18)19)20-11-9-10(15-4-14-9)16-5-17-11/h1-5H,(H,18,19)(H,14,15,16,17). The average molecular weight is 307 g/mol. The minimum atomic E-state index is -1.08. The third-order valence-electron chi connectivity index (χ3n) is 2.58. The summed E-state index contributed by atoms with van der Waals surface area (Å²) < 4.78 is 0. The van der Waals surface area contributed by atoms with Gasteiger partial charge in [0.25, 0.3) is 0 Å². The number of benzene rings is 1. The number of nitrogens with one attached hydrogen (secondary N) is 1. The quantitative estimate of drug-likeness (QED) is 0.723. The van der Waals surface area contributed by atoms with E-state index in [0.717, 1.165) is 0 Å². The van der Waals surface area contributed by atoms with Gasteiger partial charge in [0.2, 0.25) is 0 Å². The van der Waals surface area contributed by atoms with Crippen molar-refractivity contribution in [2.75, 3.05) is 0 Å². The smallest absolute Gasteiger partial charge is 0.338 e. The van der Waals surface area contributed by atoms with Crippen molar-refractivity contribution in [2.45, 2.75) is 9.92 Å². The van der Waals surface area contributed by atoms with Crippen molar-refractivity contribution in [3.05, 3.63) is 41.4 Å². The van der Waals surface area contributed by atoms with E-state index in [0.29, 0.717) is 21.1 Å². The van der Waals surface area contributed by atoms with E-state index in [2.05, 4.69) is 19.9 Å². The van der Waals surface area contributed by atoms with E-state index in [9.17, 15) is 9.90 Å². The van der Waals surface area contributed by atoms with Crippen LogP contribution >= 0.6 is 23.4 Å². The number of carbonyl (C=O) groups is 1. The topological polar surface area (TPSA) is 91.8 Å². The van der Waals surface area contributed by atoms with Gasteiger partial charge in [0.05, 0.1) is 16.9 Å². The molecule has 1 aromatic carbocycles. The number of aromatic nitrogens is 4. The van der Waals surface area contributed by atoms with Crippen molar-refractivity contribution in [2.24, 2.45) is 0 Å². The molecular weight excluding hydrogens is 300 g/mol. The number of aromatic carboxylic acids is 1. The molecule has 0 aliphatic heterocycles. The van der Waals surface area contributed by atoms with Gasteiger partial charge in [-0.2, -0.15) is 0 Å². The van der Waals surface area contributed by atoms with Crippen molar-refractivity contribution >= 4 is 40.5 Å². The van der Waals surface area contributed by atoms with Crippen LogP contribution in [0.4, 0.5) is 0 Å². The first-order chi connectivity index (χ1) is 9.66. The van der Waals surface area contributed by atoms with Gasteiger partial charge in [-0.25, -0.2) is 19.7 Å². The Bertz CT molecular complexity index is 805. The Hall–Kier alpha value is -2.12. The second kappa shape index (κ2) is 5.10. The van der Waals surface area contributed by atoms with Crippen LogP contribution in [0.5, 0.6) is 0 Å². The van der Waals surface area contributed by atoms with E-state index < -0.39 is 5.97 Å². The maximum absolute atomic E-state index is 11.3. The van der Waals surface area contributed by atoms with Crippen LogP contribution < -0.4 is 0 Å². The molecule has 2 N–H and O–H groups in total. The van der Waals surface area contributed by atoms with Crippen LogP contribution in [-0.2, 0) is 0 Å². The highest BCUT2D eigenvalue weighted by molar-refractivity contribution is 7.99. The van der Waals surface area contributed by atoms with Crippen LogP contribution in [0.1, 0.15) is 10.4 Å². The van der Waals surface area contributed by atoms with Gasteiger partial charge in [-0.1, -0.05) is 29.4 Å². The highest BCUT2D eigenvalue weighted by atomic mass is 35.5. The number of H-pyrrole nitrogens is 1. The highest BCUT2D eigenvalue weighted by Crippen LogP contribution is 2.34. The summed E-state index contributed by atoms with van der Waals surface area (Å²) in [4.78, 5) is 26.9. The summed E-state index contributed by atoms with van der Waals surface area (Å²) in [5.41, 5.74) is 1.25. The summed E-state index contributed by atoms with van der Waals surface area (Å²) in [5.74, 6) is -1.08. The molecule has 8 heteroatoms. The zero-order valence-electron chi connectivity index (χ0n) is 9.87. The molecule has 0 amide bonds. The summed E-state index contributed by atoms with van der Waals surface area (Å²) in [6.07, 6.45) is 2.90. The minimum absolute atomic E-state index is 0.0606. The second-order valence-corrected chi connectivity index (χ2v) is 5.24. The number of imidazole rings is 1. The van der Waals surface area contributed by atoms with E-state index in [4.69, 9.17) is 11.6 Å². The van der Waals surface area contributed by atoms with Gasteiger partial charge in [-0.15, -0.1) is 0 Å². The second-order valence-electron chi connectivity index (χ2n) is 3.80. The van der Waals surface area contributed by atoms with Gasteiger partial charge in [-0.3, -0.25) is 0 Å². The maximum Gasteiger partial charge on any atom is 0.338 e. The lowest BCUT2D eigenvalue weighted by atomic mass is 10.2. The van der Waals surface area contributed by atoms with Crippen LogP contribution in [0.2, 0.25) is 5.02 Å². The Balaban J connectivity index is 2.10. The van der Waals surface area contributed by atoms with Gasteiger partial charge in [0.15, 0.2) is 5.65 Å². The Morgan fingerprint density at radius 1 is 1.30 bits per heavy atom. The number of hydrogen-bond acceptors (Lipinski definition) is 5. The minimum Gasteiger partial charge on any atom is -0.478 e. The van der Waals surface area contributed by atoms with Crippen molar-refractivity contribution in [1.82, 2.24) is 19.9 Å². The van der Waals surface area contributed by atoms with Crippen molar-refractivity contribution in [1.29, 1.82) is 0 Å². The van der Waals surface area contributed by atoms with E-state index >= 15 is 0 Å². The first kappa shape index (κ1) is 12.9. The molecule has 0 spiro atoms. The molecule has 0 unspecified atom stereocenters. The molecule has 0 saturated carbocycles. The normalized spacial score (nSPS) is 10.8. The third-order valence-corrected chi connectivity index (χ3v) is 3.96. The summed E-state index contributed by atoms with van der Waals surface area (Å²) in [7, 11) is 0. The maximum atomic E-state index is 11.3. The van der Waals surface area contributed by atoms with Gasteiger partial charge in [0, 0.05) is 4.90 Å². The number of carboxylic acid groups (broad SMARTS) is 1. The fourth-order valence-corrected chi connectivity index (χ4v) is 3.04. The molecule has 3 rings (SSSR count). The molecule has 6 nitrogen and oxygen atoms in total. The van der Waals surface area contributed by atoms with Crippen molar-refractivity contribution in [3.63, 3.8) is 0 Å². The lowest BCUT2D eigenvalue weighted by Crippen LogP contribution is -2.00. The average Bonchev–Trinajstić information content (AvgIpc) is 2.87. The molecular formula is C12H7ClN4O2S. The Morgan fingerprint density at radius 3 is 2.95 bits per heavy atom. The molecule has 2 aromatic heterocycles. The fraction of sp³-hybridized carbons (Fsp3) is 0. The fourth-order valence-electron chi connectivity index (χ4n) is 1.72. The van der Waals surface area contributed by atoms with Crippen LogP contribution in [-0.4, -0.2) is 31.0 Å². The molecule has 0 fully saturated rings. The van der Waals surface area contributed by atoms with Gasteiger partial charge in [0.1, 0.15) is 16.9 Å². The van der Waals surface area contributed by atoms with E-state index in [1.54, 1.807) is 18.2 Å². The molecule has 0 saturated heterocycles. The first-order valence-corrected chi connectivity index (χ1v) is 6.70. The largest absolute Gasteiger partial charge is 0.478 e. The molecule has 100 valence electrons. The summed E-state index contributed by atoms with van der Waals surface area (Å²) in [5, 5.41) is 10.0. The Kier molecular flexibility index (Phi) is 3.29. The summed E-state index contributed by atoms with van der Waals surface area (Å²) >= 11 is 7.14. The van der Waals surface area contributed by atoms with Gasteiger partial charge >= 0.3 is 5.97 Å². The molecule has 3 aromatic rings. The van der Waals surface area contributed by atoms with Crippen LogP contribution in [0.25, 0.3) is 11.2 Å². The SMILES string of the molecule is O=C(O)c1c(Cl)cccc1Sc1ncnc2nc[nH]c12. The lowest BCUT2D eigenvalue weighted by Gasteiger charge is -2.07. The molecule has 2 heterocycles. The predicted molar refractivity (Wildman–Crippen MR) is 74.2 cm³/mol. The number of nitrogens with zero attached hydrogens (tertiary/aromatic N) is 3. The summed E-state index contributed by atoms with van der Waals surface area (Å²) in [6, 6.07) is 4.92.